The van der Waals surface area contributed by atoms with Gasteiger partial charge in [-0.25, -0.2) is 0 Å². The predicted octanol–water partition coefficient (Wildman–Crippen LogP) is 10.6. The van der Waals surface area contributed by atoms with E-state index >= 15 is 0 Å². The Kier molecular flexibility index (Phi) is 10.1. The van der Waals surface area contributed by atoms with Gasteiger partial charge in [0.25, 0.3) is 0 Å². The van der Waals surface area contributed by atoms with Crippen LogP contribution < -0.4 is 0 Å². The first kappa shape index (κ1) is 24.8. The monoisotopic (exact) mass is 430 g/mol. The second kappa shape index (κ2) is 13.0. The number of hydrogen-bond acceptors (Lipinski definition) is 0. The van der Waals surface area contributed by atoms with E-state index in [0.29, 0.717) is 0 Å². The van der Waals surface area contributed by atoms with E-state index in [1.807, 2.05) is 0 Å². The van der Waals surface area contributed by atoms with Crippen LogP contribution in [0.3, 0.4) is 0 Å². The summed E-state index contributed by atoms with van der Waals surface area (Å²) in [5.74, 6) is 0. The summed E-state index contributed by atoms with van der Waals surface area (Å²) in [5.41, 5.74) is 12.7. The van der Waals surface area contributed by atoms with Crippen molar-refractivity contribution in [2.24, 2.45) is 0 Å². The molecule has 3 rings (SSSR count). The molecule has 0 atom stereocenters. The van der Waals surface area contributed by atoms with Crippen LogP contribution in [0.25, 0.3) is 11.1 Å². The molecule has 0 radical (unpaired) electrons. The van der Waals surface area contributed by atoms with Crippen molar-refractivity contribution >= 4 is 11.1 Å². The molecule has 0 heteroatoms. The highest BCUT2D eigenvalue weighted by molar-refractivity contribution is 5.86. The summed E-state index contributed by atoms with van der Waals surface area (Å²) >= 11 is 0. The van der Waals surface area contributed by atoms with E-state index in [-0.39, 0.29) is 0 Å². The molecule has 1 aromatic carbocycles. The summed E-state index contributed by atoms with van der Waals surface area (Å²) in [6, 6.07) is 9.60. The van der Waals surface area contributed by atoms with Gasteiger partial charge in [-0.05, 0) is 97.6 Å². The van der Waals surface area contributed by atoms with Gasteiger partial charge in [-0.3, -0.25) is 0 Å². The topological polar surface area (TPSA) is 0 Å². The molecule has 1 aromatic rings. The highest BCUT2D eigenvalue weighted by Gasteiger charge is 2.21. The van der Waals surface area contributed by atoms with Gasteiger partial charge in [0.05, 0.1) is 0 Å². The van der Waals surface area contributed by atoms with E-state index in [2.05, 4.69) is 64.1 Å². The minimum atomic E-state index is 1.17. The van der Waals surface area contributed by atoms with Gasteiger partial charge in [0, 0.05) is 0 Å². The number of rotatable bonds is 14. The fourth-order valence-electron chi connectivity index (χ4n) is 5.35. The van der Waals surface area contributed by atoms with E-state index < -0.39 is 0 Å². The van der Waals surface area contributed by atoms with Crippen molar-refractivity contribution in [2.75, 3.05) is 0 Å². The standard InChI is InChI=1S/C32H46/c1-5-9-13-25-21-23-31(29(25)15-11-7-3)27-17-19-28(20-18-27)32-24-22-26(14-10-6-2)30(32)16-12-8-4/h17-20,23-24H,5-16,21-22H2,1-4H3. The van der Waals surface area contributed by atoms with Crippen LogP contribution in [0.5, 0.6) is 0 Å². The van der Waals surface area contributed by atoms with Gasteiger partial charge in [-0.1, -0.05) is 101 Å². The fourth-order valence-corrected chi connectivity index (χ4v) is 5.35. The molecule has 0 amide bonds. The highest BCUT2D eigenvalue weighted by atomic mass is 14.3. The van der Waals surface area contributed by atoms with Crippen molar-refractivity contribution in [3.8, 4) is 0 Å². The van der Waals surface area contributed by atoms with E-state index in [4.69, 9.17) is 0 Å². The number of allylic oxidation sites excluding steroid dienone is 8. The molecule has 0 unspecified atom stereocenters. The lowest BCUT2D eigenvalue weighted by Gasteiger charge is -2.15. The molecule has 0 fully saturated rings. The van der Waals surface area contributed by atoms with E-state index in [0.717, 1.165) is 0 Å². The smallest absolute Gasteiger partial charge is 0.0123 e. The molecular formula is C32H46. The maximum atomic E-state index is 2.51. The number of unbranched alkanes of at least 4 members (excludes halogenated alkanes) is 4. The first-order valence-corrected chi connectivity index (χ1v) is 13.7. The molecule has 32 heavy (non-hydrogen) atoms. The van der Waals surface area contributed by atoms with Crippen molar-refractivity contribution in [1.82, 2.24) is 0 Å². The molecule has 0 aromatic heterocycles. The van der Waals surface area contributed by atoms with E-state index in [1.54, 1.807) is 22.3 Å². The van der Waals surface area contributed by atoms with E-state index in [9.17, 15) is 0 Å². The lowest BCUT2D eigenvalue weighted by Crippen LogP contribution is -1.94. The Labute approximate surface area is 198 Å². The zero-order chi connectivity index (χ0) is 22.8. The summed E-state index contributed by atoms with van der Waals surface area (Å²) in [6.45, 7) is 9.24. The van der Waals surface area contributed by atoms with Gasteiger partial charge in [0.1, 0.15) is 0 Å². The Bertz CT molecular complexity index is 781. The first-order chi connectivity index (χ1) is 15.7. The lowest BCUT2D eigenvalue weighted by molar-refractivity contribution is 0.753. The predicted molar refractivity (Wildman–Crippen MR) is 144 cm³/mol. The van der Waals surface area contributed by atoms with Crippen LogP contribution in [-0.2, 0) is 0 Å². The second-order valence-corrected chi connectivity index (χ2v) is 9.80. The van der Waals surface area contributed by atoms with Crippen molar-refractivity contribution in [3.05, 3.63) is 69.8 Å². The quantitative estimate of drug-likeness (QED) is 0.275. The fraction of sp³-hybridized carbons (Fsp3) is 0.562. The molecule has 0 saturated carbocycles. The second-order valence-electron chi connectivity index (χ2n) is 9.80. The Morgan fingerprint density at radius 2 is 0.844 bits per heavy atom. The summed E-state index contributed by atoms with van der Waals surface area (Å²) < 4.78 is 0. The van der Waals surface area contributed by atoms with Crippen molar-refractivity contribution in [3.63, 3.8) is 0 Å². The van der Waals surface area contributed by atoms with E-state index in [1.165, 1.54) is 112 Å². The molecule has 2 aliphatic rings. The van der Waals surface area contributed by atoms with Crippen LogP contribution in [-0.4, -0.2) is 0 Å². The Balaban J connectivity index is 1.80. The summed E-state index contributed by atoms with van der Waals surface area (Å²) in [6.07, 6.45) is 22.8. The van der Waals surface area contributed by atoms with Gasteiger partial charge in [0.2, 0.25) is 0 Å². The Morgan fingerprint density at radius 1 is 0.500 bits per heavy atom. The molecule has 0 aliphatic heterocycles. The third kappa shape index (κ3) is 6.15. The zero-order valence-corrected chi connectivity index (χ0v) is 21.4. The third-order valence-electron chi connectivity index (χ3n) is 7.34. The molecular weight excluding hydrogens is 384 g/mol. The van der Waals surface area contributed by atoms with Crippen LogP contribution in [0.2, 0.25) is 0 Å². The molecule has 0 bridgehead atoms. The van der Waals surface area contributed by atoms with Crippen LogP contribution in [0, 0.1) is 0 Å². The highest BCUT2D eigenvalue weighted by Crippen LogP contribution is 2.41. The molecule has 0 nitrogen and oxygen atoms in total. The summed E-state index contributed by atoms with van der Waals surface area (Å²) in [5, 5.41) is 0. The summed E-state index contributed by atoms with van der Waals surface area (Å²) in [4.78, 5) is 0. The molecule has 0 saturated heterocycles. The first-order valence-electron chi connectivity index (χ1n) is 13.7. The Morgan fingerprint density at radius 3 is 1.19 bits per heavy atom. The van der Waals surface area contributed by atoms with Gasteiger partial charge in [0.15, 0.2) is 0 Å². The van der Waals surface area contributed by atoms with Crippen LogP contribution in [0.15, 0.2) is 58.7 Å². The average molecular weight is 431 g/mol. The third-order valence-corrected chi connectivity index (χ3v) is 7.34. The van der Waals surface area contributed by atoms with Crippen molar-refractivity contribution in [1.29, 1.82) is 0 Å². The normalized spacial score (nSPS) is 16.2. The largest absolute Gasteiger partial charge is 0.0723 e. The van der Waals surface area contributed by atoms with Crippen molar-refractivity contribution < 1.29 is 0 Å². The SMILES string of the molecule is CCCCC1=C(CCCC)C(c2ccc(C3=CCC(CCCC)=C3CCCC)cc2)=CC1. The summed E-state index contributed by atoms with van der Waals surface area (Å²) in [7, 11) is 0. The minimum Gasteiger partial charge on any atom is -0.0723 e. The van der Waals surface area contributed by atoms with Gasteiger partial charge < -0.3 is 0 Å². The van der Waals surface area contributed by atoms with Crippen LogP contribution in [0.4, 0.5) is 0 Å². The van der Waals surface area contributed by atoms with Gasteiger partial charge >= 0.3 is 0 Å². The molecule has 2 aliphatic carbocycles. The average Bonchev–Trinajstić information content (AvgIpc) is 3.42. The minimum absolute atomic E-state index is 1.17. The van der Waals surface area contributed by atoms with Crippen LogP contribution in [0.1, 0.15) is 129 Å². The van der Waals surface area contributed by atoms with Crippen LogP contribution >= 0.6 is 0 Å². The van der Waals surface area contributed by atoms with Gasteiger partial charge in [-0.15, -0.1) is 0 Å². The molecule has 0 spiro atoms. The number of benzene rings is 1. The Hall–Kier alpha value is -1.82. The van der Waals surface area contributed by atoms with Gasteiger partial charge in [-0.2, -0.15) is 0 Å². The molecule has 0 heterocycles. The zero-order valence-electron chi connectivity index (χ0n) is 21.4. The lowest BCUT2D eigenvalue weighted by atomic mass is 9.90. The molecule has 174 valence electrons. The number of hydrogen-bond donors (Lipinski definition) is 0. The maximum absolute atomic E-state index is 2.51. The maximum Gasteiger partial charge on any atom is -0.0123 e. The van der Waals surface area contributed by atoms with Crippen molar-refractivity contribution in [2.45, 2.75) is 118 Å². The molecule has 0 N–H and O–H groups in total.